The second-order valence-electron chi connectivity index (χ2n) is 7.91. The summed E-state index contributed by atoms with van der Waals surface area (Å²) < 4.78 is 2.29. The number of hydrogen-bond donors (Lipinski definition) is 1. The van der Waals surface area contributed by atoms with Gasteiger partial charge in [-0.1, -0.05) is 36.8 Å². The quantitative estimate of drug-likeness (QED) is 0.371. The van der Waals surface area contributed by atoms with E-state index in [-0.39, 0.29) is 24.0 Å². The van der Waals surface area contributed by atoms with Crippen molar-refractivity contribution in [2.24, 2.45) is 4.99 Å². The first-order valence-electron chi connectivity index (χ1n) is 11.0. The third kappa shape index (κ3) is 5.94. The summed E-state index contributed by atoms with van der Waals surface area (Å²) >= 11 is 0. The monoisotopic (exact) mass is 523 g/mol. The van der Waals surface area contributed by atoms with E-state index < -0.39 is 0 Å². The number of halogens is 1. The average molecular weight is 523 g/mol. The normalized spacial score (nSPS) is 17.8. The number of benzene rings is 1. The number of nitrogens with zero attached hydrogens (tertiary/aromatic N) is 6. The lowest BCUT2D eigenvalue weighted by Crippen LogP contribution is -2.52. The third-order valence-corrected chi connectivity index (χ3v) is 5.81. The van der Waals surface area contributed by atoms with E-state index in [4.69, 9.17) is 4.99 Å². The molecule has 1 aromatic heterocycles. The standard InChI is InChI=1S/C22H33N7.HI/c1-2-23-22(24-17-21-26-25-20-11-7-4-8-12-29(20)21)28-15-13-27(14-16-28)18-19-9-5-3-6-10-19;/h3,5-6,9-10H,2,4,7-8,11-18H2,1H3,(H,23,24);1H. The van der Waals surface area contributed by atoms with Crippen molar-refractivity contribution in [3.8, 4) is 0 Å². The summed E-state index contributed by atoms with van der Waals surface area (Å²) in [5.74, 6) is 3.13. The van der Waals surface area contributed by atoms with Gasteiger partial charge in [-0.2, -0.15) is 0 Å². The zero-order valence-electron chi connectivity index (χ0n) is 18.0. The maximum atomic E-state index is 4.92. The van der Waals surface area contributed by atoms with Crippen molar-refractivity contribution in [3.05, 3.63) is 47.5 Å². The van der Waals surface area contributed by atoms with Gasteiger partial charge >= 0.3 is 0 Å². The predicted octanol–water partition coefficient (Wildman–Crippen LogP) is 2.91. The Bertz CT molecular complexity index is 797. The Morgan fingerprint density at radius 3 is 2.57 bits per heavy atom. The van der Waals surface area contributed by atoms with Gasteiger partial charge in [-0.15, -0.1) is 34.2 Å². The Hall–Kier alpha value is -1.68. The molecule has 0 unspecified atom stereocenters. The van der Waals surface area contributed by atoms with Crippen LogP contribution in [0.1, 0.15) is 43.4 Å². The molecule has 0 spiro atoms. The van der Waals surface area contributed by atoms with Crippen LogP contribution in [-0.2, 0) is 26.1 Å². The van der Waals surface area contributed by atoms with Gasteiger partial charge in [0.2, 0.25) is 0 Å². The molecule has 0 bridgehead atoms. The summed E-state index contributed by atoms with van der Waals surface area (Å²) in [5.41, 5.74) is 1.38. The number of aryl methyl sites for hydroxylation is 1. The van der Waals surface area contributed by atoms with Crippen molar-refractivity contribution in [2.75, 3.05) is 32.7 Å². The second-order valence-corrected chi connectivity index (χ2v) is 7.91. The first-order valence-corrected chi connectivity index (χ1v) is 11.0. The van der Waals surface area contributed by atoms with E-state index in [9.17, 15) is 0 Å². The molecule has 0 atom stereocenters. The summed E-state index contributed by atoms with van der Waals surface area (Å²) in [6, 6.07) is 10.7. The number of guanidine groups is 1. The highest BCUT2D eigenvalue weighted by atomic mass is 127. The molecule has 4 rings (SSSR count). The molecular weight excluding hydrogens is 489 g/mol. The van der Waals surface area contributed by atoms with Gasteiger partial charge in [0.05, 0.1) is 0 Å². The highest BCUT2D eigenvalue weighted by molar-refractivity contribution is 14.0. The van der Waals surface area contributed by atoms with Crippen molar-refractivity contribution in [2.45, 2.75) is 52.2 Å². The molecule has 0 saturated carbocycles. The van der Waals surface area contributed by atoms with E-state index in [1.165, 1.54) is 24.8 Å². The number of fused-ring (bicyclic) bond motifs is 1. The molecule has 0 amide bonds. The molecule has 3 heterocycles. The number of aliphatic imine (C=N–C) groups is 1. The molecule has 2 aromatic rings. The fourth-order valence-electron chi connectivity index (χ4n) is 4.19. The van der Waals surface area contributed by atoms with E-state index in [0.717, 1.165) is 69.8 Å². The van der Waals surface area contributed by atoms with Crippen LogP contribution < -0.4 is 5.32 Å². The molecule has 164 valence electrons. The Labute approximate surface area is 197 Å². The SMILES string of the molecule is CCNC(=NCc1nnc2n1CCCCC2)N1CCN(Cc2ccccc2)CC1.I. The van der Waals surface area contributed by atoms with Crippen molar-refractivity contribution in [3.63, 3.8) is 0 Å². The molecule has 0 aliphatic carbocycles. The van der Waals surface area contributed by atoms with E-state index >= 15 is 0 Å². The number of aromatic nitrogens is 3. The molecule has 8 heteroatoms. The van der Waals surface area contributed by atoms with Crippen molar-refractivity contribution in [1.82, 2.24) is 29.9 Å². The van der Waals surface area contributed by atoms with Crippen LogP contribution in [0, 0.1) is 0 Å². The Balaban J connectivity index is 0.00000256. The molecule has 1 fully saturated rings. The molecule has 7 nitrogen and oxygen atoms in total. The van der Waals surface area contributed by atoms with Gasteiger partial charge in [0.1, 0.15) is 12.4 Å². The van der Waals surface area contributed by atoms with E-state index in [2.05, 4.69) is 67.1 Å². The summed E-state index contributed by atoms with van der Waals surface area (Å²) in [6.45, 7) is 9.76. The molecular formula is C22H34IN7. The Kier molecular flexibility index (Phi) is 8.92. The maximum Gasteiger partial charge on any atom is 0.194 e. The van der Waals surface area contributed by atoms with Gasteiger partial charge in [0.15, 0.2) is 11.8 Å². The van der Waals surface area contributed by atoms with Crippen LogP contribution in [0.25, 0.3) is 0 Å². The van der Waals surface area contributed by atoms with Crippen molar-refractivity contribution < 1.29 is 0 Å². The van der Waals surface area contributed by atoms with Crippen LogP contribution in [0.5, 0.6) is 0 Å². The number of nitrogens with one attached hydrogen (secondary N) is 1. The maximum absolute atomic E-state index is 4.92. The zero-order valence-corrected chi connectivity index (χ0v) is 20.3. The smallest absolute Gasteiger partial charge is 0.194 e. The number of piperazine rings is 1. The van der Waals surface area contributed by atoms with Crippen LogP contribution >= 0.6 is 24.0 Å². The lowest BCUT2D eigenvalue weighted by atomic mass is 10.2. The molecule has 1 saturated heterocycles. The predicted molar refractivity (Wildman–Crippen MR) is 131 cm³/mol. The average Bonchev–Trinajstić information content (AvgIpc) is 2.98. The minimum Gasteiger partial charge on any atom is -0.357 e. The van der Waals surface area contributed by atoms with Gasteiger partial charge in [0.25, 0.3) is 0 Å². The van der Waals surface area contributed by atoms with Crippen LogP contribution in [0.15, 0.2) is 35.3 Å². The fourth-order valence-corrected chi connectivity index (χ4v) is 4.19. The van der Waals surface area contributed by atoms with Gasteiger partial charge in [-0.25, -0.2) is 4.99 Å². The lowest BCUT2D eigenvalue weighted by molar-refractivity contribution is 0.172. The largest absolute Gasteiger partial charge is 0.357 e. The Morgan fingerprint density at radius 2 is 1.80 bits per heavy atom. The summed E-state index contributed by atoms with van der Waals surface area (Å²) in [4.78, 5) is 9.82. The summed E-state index contributed by atoms with van der Waals surface area (Å²) in [6.07, 6.45) is 4.75. The fraction of sp³-hybridized carbons (Fsp3) is 0.591. The van der Waals surface area contributed by atoms with Crippen LogP contribution in [0.3, 0.4) is 0 Å². The number of hydrogen-bond acceptors (Lipinski definition) is 4. The minimum atomic E-state index is 0. The number of rotatable bonds is 5. The first kappa shape index (κ1) is 23.0. The molecule has 1 N–H and O–H groups in total. The van der Waals surface area contributed by atoms with Crippen LogP contribution in [0.4, 0.5) is 0 Å². The van der Waals surface area contributed by atoms with Gasteiger partial charge < -0.3 is 14.8 Å². The molecule has 0 radical (unpaired) electrons. The first-order chi connectivity index (χ1) is 14.3. The van der Waals surface area contributed by atoms with E-state index in [1.54, 1.807) is 0 Å². The minimum absolute atomic E-state index is 0. The van der Waals surface area contributed by atoms with E-state index in [0.29, 0.717) is 6.54 Å². The van der Waals surface area contributed by atoms with Gasteiger partial charge in [-0.3, -0.25) is 4.90 Å². The van der Waals surface area contributed by atoms with Crippen molar-refractivity contribution in [1.29, 1.82) is 0 Å². The lowest BCUT2D eigenvalue weighted by Gasteiger charge is -2.36. The highest BCUT2D eigenvalue weighted by Crippen LogP contribution is 2.15. The molecule has 30 heavy (non-hydrogen) atoms. The topological polar surface area (TPSA) is 61.6 Å². The molecule has 2 aliphatic rings. The van der Waals surface area contributed by atoms with Gasteiger partial charge in [-0.05, 0) is 25.3 Å². The summed E-state index contributed by atoms with van der Waals surface area (Å²) in [7, 11) is 0. The van der Waals surface area contributed by atoms with E-state index in [1.807, 2.05) is 0 Å². The second kappa shape index (κ2) is 11.6. The van der Waals surface area contributed by atoms with Crippen LogP contribution in [0.2, 0.25) is 0 Å². The third-order valence-electron chi connectivity index (χ3n) is 5.81. The van der Waals surface area contributed by atoms with Crippen molar-refractivity contribution >= 4 is 29.9 Å². The summed E-state index contributed by atoms with van der Waals surface area (Å²) in [5, 5.41) is 12.3. The highest BCUT2D eigenvalue weighted by Gasteiger charge is 2.20. The molecule has 1 aromatic carbocycles. The van der Waals surface area contributed by atoms with Gasteiger partial charge in [0, 0.05) is 52.2 Å². The Morgan fingerprint density at radius 1 is 1.00 bits per heavy atom. The van der Waals surface area contributed by atoms with Crippen LogP contribution in [-0.4, -0.2) is 63.2 Å². The zero-order chi connectivity index (χ0) is 19.9. The molecule has 2 aliphatic heterocycles.